The van der Waals surface area contributed by atoms with E-state index in [9.17, 15) is 4.79 Å². The molecule has 1 saturated heterocycles. The van der Waals surface area contributed by atoms with E-state index in [0.717, 1.165) is 12.8 Å². The molecule has 0 radical (unpaired) electrons. The average molecular weight is 289 g/mol. The van der Waals surface area contributed by atoms with Gasteiger partial charge in [0.15, 0.2) is 5.78 Å². The van der Waals surface area contributed by atoms with E-state index >= 15 is 0 Å². The molecule has 18 heavy (non-hydrogen) atoms. The van der Waals surface area contributed by atoms with Gasteiger partial charge in [-0.15, -0.1) is 0 Å². The van der Waals surface area contributed by atoms with E-state index in [1.165, 1.54) is 0 Å². The van der Waals surface area contributed by atoms with E-state index in [-0.39, 0.29) is 18.5 Å². The summed E-state index contributed by atoms with van der Waals surface area (Å²) in [5.74, 6) is -0.0833. The molecule has 1 aromatic rings. The van der Waals surface area contributed by atoms with Crippen LogP contribution in [0.2, 0.25) is 10.0 Å². The molecule has 1 heterocycles. The third-order valence-corrected chi connectivity index (χ3v) is 3.60. The fourth-order valence-electron chi connectivity index (χ4n) is 1.79. The summed E-state index contributed by atoms with van der Waals surface area (Å²) < 4.78 is 10.8. The number of rotatable bonds is 4. The summed E-state index contributed by atoms with van der Waals surface area (Å²) in [5.41, 5.74) is 0.524. The lowest BCUT2D eigenvalue weighted by atomic mass is 10.1. The van der Waals surface area contributed by atoms with Crippen LogP contribution >= 0.6 is 23.2 Å². The van der Waals surface area contributed by atoms with Crippen molar-refractivity contribution < 1.29 is 14.3 Å². The summed E-state index contributed by atoms with van der Waals surface area (Å²) >= 11 is 11.7. The van der Waals surface area contributed by atoms with Crippen molar-refractivity contribution in [3.8, 4) is 0 Å². The largest absolute Gasteiger partial charge is 0.381 e. The first-order valence-electron chi connectivity index (χ1n) is 5.84. The Labute approximate surface area is 116 Å². The molecular weight excluding hydrogens is 275 g/mol. The molecule has 1 fully saturated rings. The summed E-state index contributed by atoms with van der Waals surface area (Å²) in [4.78, 5) is 11.9. The molecule has 98 valence electrons. The molecule has 1 aliphatic heterocycles. The van der Waals surface area contributed by atoms with Crippen molar-refractivity contribution in [1.29, 1.82) is 0 Å². The standard InChI is InChI=1S/C13H14Cl2O3/c14-11-2-1-9(7-12(11)15)13(16)8-18-10-3-5-17-6-4-10/h1-2,7,10H,3-6,8H2. The van der Waals surface area contributed by atoms with Crippen LogP contribution in [0.15, 0.2) is 18.2 Å². The lowest BCUT2D eigenvalue weighted by molar-refractivity contribution is -0.0262. The van der Waals surface area contributed by atoms with Gasteiger partial charge in [0.05, 0.1) is 16.1 Å². The SMILES string of the molecule is O=C(COC1CCOCC1)c1ccc(Cl)c(Cl)c1. The van der Waals surface area contributed by atoms with Crippen LogP contribution in [0.1, 0.15) is 23.2 Å². The average Bonchev–Trinajstić information content (AvgIpc) is 2.40. The molecule has 0 spiro atoms. The third-order valence-electron chi connectivity index (χ3n) is 2.86. The van der Waals surface area contributed by atoms with Crippen molar-refractivity contribution >= 4 is 29.0 Å². The van der Waals surface area contributed by atoms with Crippen LogP contribution in [0.25, 0.3) is 0 Å². The topological polar surface area (TPSA) is 35.5 Å². The highest BCUT2D eigenvalue weighted by Gasteiger charge is 2.16. The number of carbonyl (C=O) groups is 1. The Kier molecular flexibility index (Phi) is 5.01. The quantitative estimate of drug-likeness (QED) is 0.797. The maximum absolute atomic E-state index is 11.9. The monoisotopic (exact) mass is 288 g/mol. The molecule has 0 aliphatic carbocycles. The molecule has 0 unspecified atom stereocenters. The summed E-state index contributed by atoms with van der Waals surface area (Å²) in [6.45, 7) is 1.47. The molecule has 5 heteroatoms. The van der Waals surface area contributed by atoms with Crippen LogP contribution in [0.3, 0.4) is 0 Å². The summed E-state index contributed by atoms with van der Waals surface area (Å²) in [6.07, 6.45) is 1.80. The number of hydrogen-bond acceptors (Lipinski definition) is 3. The molecule has 1 aromatic carbocycles. The minimum absolute atomic E-state index is 0.0721. The van der Waals surface area contributed by atoms with Crippen LogP contribution in [0.4, 0.5) is 0 Å². The van der Waals surface area contributed by atoms with Gasteiger partial charge < -0.3 is 9.47 Å². The van der Waals surface area contributed by atoms with E-state index in [4.69, 9.17) is 32.7 Å². The van der Waals surface area contributed by atoms with Crippen LogP contribution in [0, 0.1) is 0 Å². The number of benzene rings is 1. The molecule has 1 aliphatic rings. The zero-order valence-corrected chi connectivity index (χ0v) is 11.3. The lowest BCUT2D eigenvalue weighted by Gasteiger charge is -2.21. The molecule has 0 N–H and O–H groups in total. The Morgan fingerprint density at radius 1 is 1.28 bits per heavy atom. The van der Waals surface area contributed by atoms with E-state index < -0.39 is 0 Å². The minimum atomic E-state index is -0.0833. The van der Waals surface area contributed by atoms with Gasteiger partial charge in [-0.3, -0.25) is 4.79 Å². The maximum atomic E-state index is 11.9. The Morgan fingerprint density at radius 2 is 2.00 bits per heavy atom. The van der Waals surface area contributed by atoms with Gasteiger partial charge in [-0.05, 0) is 31.0 Å². The molecule has 0 amide bonds. The Morgan fingerprint density at radius 3 is 2.67 bits per heavy atom. The van der Waals surface area contributed by atoms with E-state index in [2.05, 4.69) is 0 Å². The highest BCUT2D eigenvalue weighted by atomic mass is 35.5. The number of Topliss-reactive ketones (excluding diaryl/α,β-unsaturated/α-hetero) is 1. The summed E-state index contributed by atoms with van der Waals surface area (Å²) in [7, 11) is 0. The lowest BCUT2D eigenvalue weighted by Crippen LogP contribution is -2.25. The van der Waals surface area contributed by atoms with E-state index in [0.29, 0.717) is 28.8 Å². The molecule has 0 atom stereocenters. The van der Waals surface area contributed by atoms with Gasteiger partial charge in [0.1, 0.15) is 6.61 Å². The smallest absolute Gasteiger partial charge is 0.188 e. The molecule has 0 saturated carbocycles. The highest BCUT2D eigenvalue weighted by Crippen LogP contribution is 2.23. The van der Waals surface area contributed by atoms with Crippen molar-refractivity contribution in [2.24, 2.45) is 0 Å². The molecule has 3 nitrogen and oxygen atoms in total. The fraction of sp³-hybridized carbons (Fsp3) is 0.462. The Bertz CT molecular complexity index is 428. The number of hydrogen-bond donors (Lipinski definition) is 0. The Balaban J connectivity index is 1.88. The first kappa shape index (κ1) is 13.8. The zero-order valence-electron chi connectivity index (χ0n) is 9.83. The highest BCUT2D eigenvalue weighted by molar-refractivity contribution is 6.42. The van der Waals surface area contributed by atoms with E-state index in [1.54, 1.807) is 18.2 Å². The predicted molar refractivity (Wildman–Crippen MR) is 70.6 cm³/mol. The number of ketones is 1. The van der Waals surface area contributed by atoms with Gasteiger partial charge in [-0.25, -0.2) is 0 Å². The van der Waals surface area contributed by atoms with E-state index in [1.807, 2.05) is 0 Å². The van der Waals surface area contributed by atoms with Crippen molar-refractivity contribution in [3.05, 3.63) is 33.8 Å². The summed E-state index contributed by atoms with van der Waals surface area (Å²) in [5, 5.41) is 0.826. The first-order chi connectivity index (χ1) is 8.66. The summed E-state index contributed by atoms with van der Waals surface area (Å²) in [6, 6.07) is 4.84. The van der Waals surface area contributed by atoms with Crippen LogP contribution in [-0.2, 0) is 9.47 Å². The first-order valence-corrected chi connectivity index (χ1v) is 6.60. The van der Waals surface area contributed by atoms with Crippen molar-refractivity contribution in [2.75, 3.05) is 19.8 Å². The second-order valence-corrected chi connectivity index (χ2v) is 4.99. The van der Waals surface area contributed by atoms with Crippen LogP contribution in [-0.4, -0.2) is 31.7 Å². The van der Waals surface area contributed by atoms with Gasteiger partial charge in [0.25, 0.3) is 0 Å². The van der Waals surface area contributed by atoms with Gasteiger partial charge in [0.2, 0.25) is 0 Å². The fourth-order valence-corrected chi connectivity index (χ4v) is 2.09. The predicted octanol–water partition coefficient (Wildman–Crippen LogP) is 3.37. The van der Waals surface area contributed by atoms with Gasteiger partial charge >= 0.3 is 0 Å². The van der Waals surface area contributed by atoms with Crippen LogP contribution in [0.5, 0.6) is 0 Å². The van der Waals surface area contributed by atoms with Crippen molar-refractivity contribution in [1.82, 2.24) is 0 Å². The van der Waals surface area contributed by atoms with Gasteiger partial charge in [-0.1, -0.05) is 23.2 Å². The van der Waals surface area contributed by atoms with Gasteiger partial charge in [-0.2, -0.15) is 0 Å². The van der Waals surface area contributed by atoms with Gasteiger partial charge in [0, 0.05) is 18.8 Å². The normalized spacial score (nSPS) is 16.8. The van der Waals surface area contributed by atoms with Crippen LogP contribution < -0.4 is 0 Å². The molecular formula is C13H14Cl2O3. The second kappa shape index (κ2) is 6.53. The minimum Gasteiger partial charge on any atom is -0.381 e. The van der Waals surface area contributed by atoms with Crippen molar-refractivity contribution in [3.63, 3.8) is 0 Å². The Hall–Kier alpha value is -0.610. The second-order valence-electron chi connectivity index (χ2n) is 4.17. The number of carbonyl (C=O) groups excluding carboxylic acids is 1. The molecule has 0 aromatic heterocycles. The number of halogens is 2. The molecule has 0 bridgehead atoms. The van der Waals surface area contributed by atoms with Crippen molar-refractivity contribution in [2.45, 2.75) is 18.9 Å². The number of ether oxygens (including phenoxy) is 2. The zero-order chi connectivity index (χ0) is 13.0. The maximum Gasteiger partial charge on any atom is 0.188 e. The third kappa shape index (κ3) is 3.69. The molecule has 2 rings (SSSR count).